The lowest BCUT2D eigenvalue weighted by Gasteiger charge is -2.32. The Labute approximate surface area is 95.2 Å². The molecule has 1 aromatic rings. The Morgan fingerprint density at radius 1 is 1.00 bits per heavy atom. The van der Waals surface area contributed by atoms with Gasteiger partial charge in [-0.15, -0.1) is 0 Å². The molecule has 0 saturated carbocycles. The Hall–Kier alpha value is -1.70. The second-order valence-electron chi connectivity index (χ2n) is 4.38. The zero-order chi connectivity index (χ0) is 11.1. The standard InChI is InChI=1S/C14H14O2/c1-9-3-5-11-13(7-9)15-12-6-4-10(2)8-14(12)16-11/h3-8,11,13H,1-2H3. The second kappa shape index (κ2) is 3.41. The van der Waals surface area contributed by atoms with E-state index in [0.717, 1.165) is 11.5 Å². The van der Waals surface area contributed by atoms with Crippen molar-refractivity contribution in [1.82, 2.24) is 0 Å². The van der Waals surface area contributed by atoms with Gasteiger partial charge in [-0.25, -0.2) is 0 Å². The van der Waals surface area contributed by atoms with E-state index in [2.05, 4.69) is 32.1 Å². The minimum absolute atomic E-state index is 0.0120. The van der Waals surface area contributed by atoms with E-state index < -0.39 is 0 Å². The molecule has 0 aromatic heterocycles. The van der Waals surface area contributed by atoms with E-state index in [4.69, 9.17) is 9.47 Å². The van der Waals surface area contributed by atoms with Gasteiger partial charge in [0.25, 0.3) is 0 Å². The van der Waals surface area contributed by atoms with Crippen LogP contribution in [0.25, 0.3) is 0 Å². The largest absolute Gasteiger partial charge is 0.478 e. The van der Waals surface area contributed by atoms with E-state index in [1.165, 1.54) is 11.1 Å². The number of fused-ring (bicyclic) bond motifs is 2. The van der Waals surface area contributed by atoms with Crippen LogP contribution in [-0.2, 0) is 0 Å². The number of aryl methyl sites for hydroxylation is 1. The first-order valence-corrected chi connectivity index (χ1v) is 5.53. The number of hydrogen-bond donors (Lipinski definition) is 0. The van der Waals surface area contributed by atoms with Gasteiger partial charge in [-0.2, -0.15) is 0 Å². The first-order valence-electron chi connectivity index (χ1n) is 5.53. The maximum Gasteiger partial charge on any atom is 0.162 e. The van der Waals surface area contributed by atoms with Crippen LogP contribution in [0, 0.1) is 6.92 Å². The number of allylic oxidation sites excluding steroid dienone is 2. The number of ether oxygens (including phenoxy) is 2. The van der Waals surface area contributed by atoms with Crippen LogP contribution in [0.1, 0.15) is 12.5 Å². The molecular weight excluding hydrogens is 200 g/mol. The van der Waals surface area contributed by atoms with Crippen molar-refractivity contribution < 1.29 is 9.47 Å². The van der Waals surface area contributed by atoms with Crippen LogP contribution in [0.3, 0.4) is 0 Å². The molecule has 0 N–H and O–H groups in total. The molecule has 0 spiro atoms. The van der Waals surface area contributed by atoms with Crippen LogP contribution < -0.4 is 9.47 Å². The minimum Gasteiger partial charge on any atom is -0.478 e. The van der Waals surface area contributed by atoms with E-state index in [1.807, 2.05) is 18.2 Å². The van der Waals surface area contributed by atoms with Gasteiger partial charge in [-0.05, 0) is 43.7 Å². The van der Waals surface area contributed by atoms with Gasteiger partial charge < -0.3 is 9.47 Å². The Morgan fingerprint density at radius 3 is 2.69 bits per heavy atom. The van der Waals surface area contributed by atoms with Gasteiger partial charge >= 0.3 is 0 Å². The van der Waals surface area contributed by atoms with Crippen molar-refractivity contribution >= 4 is 0 Å². The van der Waals surface area contributed by atoms with E-state index in [9.17, 15) is 0 Å². The number of rotatable bonds is 0. The Bertz CT molecular complexity index is 486. The summed E-state index contributed by atoms with van der Waals surface area (Å²) in [5.41, 5.74) is 2.41. The topological polar surface area (TPSA) is 18.5 Å². The van der Waals surface area contributed by atoms with Crippen LogP contribution in [0.15, 0.2) is 42.0 Å². The normalized spacial score (nSPS) is 26.0. The van der Waals surface area contributed by atoms with Gasteiger partial charge in [0.2, 0.25) is 0 Å². The monoisotopic (exact) mass is 214 g/mol. The van der Waals surface area contributed by atoms with Gasteiger partial charge in [0.15, 0.2) is 23.7 Å². The molecule has 0 bridgehead atoms. The molecule has 1 heterocycles. The third-order valence-corrected chi connectivity index (χ3v) is 2.93. The molecule has 0 radical (unpaired) electrons. The van der Waals surface area contributed by atoms with Crippen LogP contribution in [-0.4, -0.2) is 12.2 Å². The molecule has 1 aliphatic heterocycles. The highest BCUT2D eigenvalue weighted by Gasteiger charge is 2.29. The zero-order valence-electron chi connectivity index (χ0n) is 9.44. The lowest BCUT2D eigenvalue weighted by molar-refractivity contribution is 0.0749. The molecule has 2 atom stereocenters. The Balaban J connectivity index is 1.98. The maximum absolute atomic E-state index is 5.91. The summed E-state index contributed by atoms with van der Waals surface area (Å²) in [5.74, 6) is 1.69. The molecule has 2 nitrogen and oxygen atoms in total. The zero-order valence-corrected chi connectivity index (χ0v) is 9.44. The molecular formula is C14H14O2. The highest BCUT2D eigenvalue weighted by Crippen LogP contribution is 2.36. The average molecular weight is 214 g/mol. The fourth-order valence-electron chi connectivity index (χ4n) is 2.07. The van der Waals surface area contributed by atoms with Crippen molar-refractivity contribution in [3.63, 3.8) is 0 Å². The fourth-order valence-corrected chi connectivity index (χ4v) is 2.07. The fraction of sp³-hybridized carbons (Fsp3) is 0.286. The van der Waals surface area contributed by atoms with Crippen LogP contribution in [0.5, 0.6) is 11.5 Å². The molecule has 0 fully saturated rings. The quantitative estimate of drug-likeness (QED) is 0.661. The van der Waals surface area contributed by atoms with Gasteiger partial charge in [0, 0.05) is 0 Å². The third-order valence-electron chi connectivity index (χ3n) is 2.93. The predicted octanol–water partition coefficient (Wildman–Crippen LogP) is 3.02. The summed E-state index contributed by atoms with van der Waals surface area (Å²) < 4.78 is 11.8. The molecule has 16 heavy (non-hydrogen) atoms. The molecule has 3 rings (SSSR count). The highest BCUT2D eigenvalue weighted by atomic mass is 16.6. The van der Waals surface area contributed by atoms with E-state index in [0.29, 0.717) is 0 Å². The van der Waals surface area contributed by atoms with Crippen molar-refractivity contribution in [1.29, 1.82) is 0 Å². The number of hydrogen-bond acceptors (Lipinski definition) is 2. The molecule has 82 valence electrons. The van der Waals surface area contributed by atoms with Crippen molar-refractivity contribution in [2.45, 2.75) is 26.1 Å². The van der Waals surface area contributed by atoms with Gasteiger partial charge in [0.05, 0.1) is 0 Å². The van der Waals surface area contributed by atoms with E-state index in [-0.39, 0.29) is 12.2 Å². The first-order chi connectivity index (χ1) is 7.72. The summed E-state index contributed by atoms with van der Waals surface area (Å²) >= 11 is 0. The van der Waals surface area contributed by atoms with Gasteiger partial charge in [0.1, 0.15) is 0 Å². The van der Waals surface area contributed by atoms with E-state index in [1.54, 1.807) is 0 Å². The Morgan fingerprint density at radius 2 is 1.81 bits per heavy atom. The minimum atomic E-state index is 0.0120. The van der Waals surface area contributed by atoms with Gasteiger partial charge in [-0.3, -0.25) is 0 Å². The Kier molecular flexibility index (Phi) is 2.03. The van der Waals surface area contributed by atoms with Crippen LogP contribution in [0.2, 0.25) is 0 Å². The average Bonchev–Trinajstić information content (AvgIpc) is 2.26. The summed E-state index contributed by atoms with van der Waals surface area (Å²) in [7, 11) is 0. The van der Waals surface area contributed by atoms with Crippen molar-refractivity contribution in [2.75, 3.05) is 0 Å². The second-order valence-corrected chi connectivity index (χ2v) is 4.38. The first kappa shape index (κ1) is 9.52. The van der Waals surface area contributed by atoms with Crippen molar-refractivity contribution in [3.8, 4) is 11.5 Å². The summed E-state index contributed by atoms with van der Waals surface area (Å²) in [4.78, 5) is 0. The highest BCUT2D eigenvalue weighted by molar-refractivity contribution is 5.46. The molecule has 0 saturated heterocycles. The van der Waals surface area contributed by atoms with Crippen LogP contribution in [0.4, 0.5) is 0 Å². The molecule has 2 aliphatic rings. The van der Waals surface area contributed by atoms with Crippen LogP contribution >= 0.6 is 0 Å². The SMILES string of the molecule is CC1=CC2Oc3ccc(C)cc3OC2C=C1. The lowest BCUT2D eigenvalue weighted by Crippen LogP contribution is -2.38. The van der Waals surface area contributed by atoms with Crippen molar-refractivity contribution in [2.24, 2.45) is 0 Å². The maximum atomic E-state index is 5.91. The molecule has 1 aliphatic carbocycles. The van der Waals surface area contributed by atoms with Crippen molar-refractivity contribution in [3.05, 3.63) is 47.6 Å². The third kappa shape index (κ3) is 1.51. The number of benzene rings is 1. The predicted molar refractivity (Wildman–Crippen MR) is 62.9 cm³/mol. The molecule has 2 unspecified atom stereocenters. The molecule has 2 heteroatoms. The summed E-state index contributed by atoms with van der Waals surface area (Å²) in [6.45, 7) is 4.12. The summed E-state index contributed by atoms with van der Waals surface area (Å²) in [6, 6.07) is 6.03. The summed E-state index contributed by atoms with van der Waals surface area (Å²) in [5, 5.41) is 0. The molecule has 1 aromatic carbocycles. The lowest BCUT2D eigenvalue weighted by atomic mass is 10.0. The summed E-state index contributed by atoms with van der Waals surface area (Å²) in [6.07, 6.45) is 6.27. The van der Waals surface area contributed by atoms with E-state index >= 15 is 0 Å². The molecule has 0 amide bonds. The van der Waals surface area contributed by atoms with Gasteiger partial charge in [-0.1, -0.05) is 17.7 Å². The smallest absolute Gasteiger partial charge is 0.162 e.